The van der Waals surface area contributed by atoms with Gasteiger partial charge in [-0.05, 0) is 43.1 Å². The molecular weight excluding hydrogens is 188 g/mol. The molecule has 0 saturated carbocycles. The van der Waals surface area contributed by atoms with E-state index in [1.165, 1.54) is 0 Å². The standard InChI is InChI=1S/C12H14N2O/c1-14-12(8-13)5-4-9-6-11(15)3-2-10(9)7-12/h2-3,6,14-15H,4-5,7H2,1H3. The van der Waals surface area contributed by atoms with Crippen LogP contribution in [0.15, 0.2) is 18.2 Å². The van der Waals surface area contributed by atoms with Crippen LogP contribution in [0.25, 0.3) is 0 Å². The van der Waals surface area contributed by atoms with Crippen LogP contribution in [0.2, 0.25) is 0 Å². The molecule has 78 valence electrons. The normalized spacial score (nSPS) is 24.3. The lowest BCUT2D eigenvalue weighted by atomic mass is 9.79. The molecule has 1 aliphatic rings. The number of aromatic hydroxyl groups is 1. The van der Waals surface area contributed by atoms with Gasteiger partial charge in [0.05, 0.1) is 6.07 Å². The second kappa shape index (κ2) is 3.56. The van der Waals surface area contributed by atoms with Crippen molar-refractivity contribution in [3.63, 3.8) is 0 Å². The molecule has 1 aromatic rings. The Morgan fingerprint density at radius 3 is 2.93 bits per heavy atom. The highest BCUT2D eigenvalue weighted by atomic mass is 16.3. The molecule has 0 saturated heterocycles. The van der Waals surface area contributed by atoms with Crippen molar-refractivity contribution >= 4 is 0 Å². The molecule has 2 rings (SSSR count). The molecule has 1 aliphatic carbocycles. The summed E-state index contributed by atoms with van der Waals surface area (Å²) >= 11 is 0. The lowest BCUT2D eigenvalue weighted by Gasteiger charge is -2.31. The van der Waals surface area contributed by atoms with E-state index in [1.807, 2.05) is 13.1 Å². The zero-order valence-electron chi connectivity index (χ0n) is 8.75. The van der Waals surface area contributed by atoms with E-state index in [0.717, 1.165) is 30.4 Å². The molecule has 3 heteroatoms. The van der Waals surface area contributed by atoms with Crippen LogP contribution in [0.4, 0.5) is 0 Å². The van der Waals surface area contributed by atoms with Crippen LogP contribution in [0.3, 0.4) is 0 Å². The first-order valence-electron chi connectivity index (χ1n) is 5.10. The molecule has 1 unspecified atom stereocenters. The Morgan fingerprint density at radius 2 is 2.27 bits per heavy atom. The number of likely N-dealkylation sites (N-methyl/N-ethyl adjacent to an activating group) is 1. The largest absolute Gasteiger partial charge is 0.508 e. The average molecular weight is 202 g/mol. The molecule has 0 bridgehead atoms. The summed E-state index contributed by atoms with van der Waals surface area (Å²) in [5.41, 5.74) is 1.90. The number of nitrogens with zero attached hydrogens (tertiary/aromatic N) is 1. The van der Waals surface area contributed by atoms with Crippen molar-refractivity contribution in [1.29, 1.82) is 5.26 Å². The molecule has 0 amide bonds. The molecule has 15 heavy (non-hydrogen) atoms. The van der Waals surface area contributed by atoms with Gasteiger partial charge in [0.2, 0.25) is 0 Å². The minimum absolute atomic E-state index is 0.308. The van der Waals surface area contributed by atoms with Gasteiger partial charge in [-0.15, -0.1) is 0 Å². The number of fused-ring (bicyclic) bond motifs is 1. The number of nitriles is 1. The fourth-order valence-corrected chi connectivity index (χ4v) is 2.14. The van der Waals surface area contributed by atoms with Crippen LogP contribution >= 0.6 is 0 Å². The van der Waals surface area contributed by atoms with Crippen molar-refractivity contribution in [2.75, 3.05) is 7.05 Å². The van der Waals surface area contributed by atoms with Gasteiger partial charge in [-0.25, -0.2) is 0 Å². The molecule has 3 nitrogen and oxygen atoms in total. The van der Waals surface area contributed by atoms with Crippen LogP contribution in [0, 0.1) is 11.3 Å². The fraction of sp³-hybridized carbons (Fsp3) is 0.417. The molecule has 2 N–H and O–H groups in total. The van der Waals surface area contributed by atoms with Crippen molar-refractivity contribution in [2.24, 2.45) is 0 Å². The summed E-state index contributed by atoms with van der Waals surface area (Å²) < 4.78 is 0. The topological polar surface area (TPSA) is 56.0 Å². The maximum absolute atomic E-state index is 9.35. The number of nitrogens with one attached hydrogen (secondary N) is 1. The number of hydrogen-bond acceptors (Lipinski definition) is 3. The molecule has 0 radical (unpaired) electrons. The van der Waals surface area contributed by atoms with Crippen LogP contribution < -0.4 is 5.32 Å². The lowest BCUT2D eigenvalue weighted by molar-refractivity contribution is 0.393. The van der Waals surface area contributed by atoms with Gasteiger partial charge in [0.25, 0.3) is 0 Å². The Balaban J connectivity index is 2.35. The van der Waals surface area contributed by atoms with Gasteiger partial charge < -0.3 is 10.4 Å². The van der Waals surface area contributed by atoms with Gasteiger partial charge in [-0.3, -0.25) is 0 Å². The highest BCUT2D eigenvalue weighted by Crippen LogP contribution is 2.30. The summed E-state index contributed by atoms with van der Waals surface area (Å²) in [5.74, 6) is 0.308. The van der Waals surface area contributed by atoms with E-state index in [4.69, 9.17) is 5.26 Å². The minimum atomic E-state index is -0.427. The lowest BCUT2D eigenvalue weighted by Crippen LogP contribution is -2.46. The number of aryl methyl sites for hydroxylation is 1. The van der Waals surface area contributed by atoms with Crippen LogP contribution in [0.5, 0.6) is 5.75 Å². The van der Waals surface area contributed by atoms with E-state index in [0.29, 0.717) is 5.75 Å². The zero-order valence-corrected chi connectivity index (χ0v) is 8.75. The van der Waals surface area contributed by atoms with Crippen molar-refractivity contribution in [3.8, 4) is 11.8 Å². The molecule has 0 fully saturated rings. The maximum Gasteiger partial charge on any atom is 0.115 e. The Bertz CT molecular complexity index is 422. The number of phenols is 1. The SMILES string of the molecule is CNC1(C#N)CCc2cc(O)ccc2C1. The third-order valence-electron chi connectivity index (χ3n) is 3.20. The Kier molecular flexibility index (Phi) is 2.37. The third kappa shape index (κ3) is 1.69. The predicted molar refractivity (Wildman–Crippen MR) is 57.5 cm³/mol. The Morgan fingerprint density at radius 1 is 1.47 bits per heavy atom. The average Bonchev–Trinajstić information content (AvgIpc) is 2.28. The number of benzene rings is 1. The minimum Gasteiger partial charge on any atom is -0.508 e. The summed E-state index contributed by atoms with van der Waals surface area (Å²) in [6, 6.07) is 7.74. The van der Waals surface area contributed by atoms with E-state index >= 15 is 0 Å². The van der Waals surface area contributed by atoms with Crippen LogP contribution in [-0.2, 0) is 12.8 Å². The van der Waals surface area contributed by atoms with Gasteiger partial charge in [0.15, 0.2) is 0 Å². The van der Waals surface area contributed by atoms with E-state index < -0.39 is 5.54 Å². The summed E-state index contributed by atoms with van der Waals surface area (Å²) in [4.78, 5) is 0. The first-order chi connectivity index (χ1) is 7.19. The smallest absolute Gasteiger partial charge is 0.115 e. The first-order valence-corrected chi connectivity index (χ1v) is 5.10. The molecule has 1 aromatic carbocycles. The zero-order chi connectivity index (χ0) is 10.9. The van der Waals surface area contributed by atoms with Crippen molar-refractivity contribution < 1.29 is 5.11 Å². The van der Waals surface area contributed by atoms with Crippen molar-refractivity contribution in [1.82, 2.24) is 5.32 Å². The molecule has 0 aromatic heterocycles. The predicted octanol–water partition coefficient (Wildman–Crippen LogP) is 1.36. The number of hydrogen-bond donors (Lipinski definition) is 2. The van der Waals surface area contributed by atoms with Gasteiger partial charge in [-0.1, -0.05) is 6.07 Å². The summed E-state index contributed by atoms with van der Waals surface area (Å²) in [6.45, 7) is 0. The first kappa shape index (κ1) is 10.0. The molecule has 1 atom stereocenters. The maximum atomic E-state index is 9.35. The number of phenolic OH excluding ortho intramolecular Hbond substituents is 1. The Hall–Kier alpha value is -1.53. The van der Waals surface area contributed by atoms with E-state index in [2.05, 4.69) is 11.4 Å². The highest BCUT2D eigenvalue weighted by molar-refractivity contribution is 5.39. The summed E-state index contributed by atoms with van der Waals surface area (Å²) in [5, 5.41) is 21.6. The summed E-state index contributed by atoms with van der Waals surface area (Å²) in [7, 11) is 1.83. The van der Waals surface area contributed by atoms with Gasteiger partial charge in [0.1, 0.15) is 11.3 Å². The third-order valence-corrected chi connectivity index (χ3v) is 3.20. The number of rotatable bonds is 1. The second-order valence-corrected chi connectivity index (χ2v) is 4.07. The molecular formula is C12H14N2O. The van der Waals surface area contributed by atoms with E-state index in [1.54, 1.807) is 12.1 Å². The van der Waals surface area contributed by atoms with Gasteiger partial charge in [-0.2, -0.15) is 5.26 Å². The summed E-state index contributed by atoms with van der Waals surface area (Å²) in [6.07, 6.45) is 2.37. The highest BCUT2D eigenvalue weighted by Gasteiger charge is 2.32. The monoisotopic (exact) mass is 202 g/mol. The Labute approximate surface area is 89.4 Å². The van der Waals surface area contributed by atoms with Crippen LogP contribution in [0.1, 0.15) is 17.5 Å². The molecule has 0 heterocycles. The van der Waals surface area contributed by atoms with Gasteiger partial charge >= 0.3 is 0 Å². The fourth-order valence-electron chi connectivity index (χ4n) is 2.14. The molecule has 0 aliphatic heterocycles. The van der Waals surface area contributed by atoms with Crippen molar-refractivity contribution in [3.05, 3.63) is 29.3 Å². The van der Waals surface area contributed by atoms with Crippen LogP contribution in [-0.4, -0.2) is 17.7 Å². The van der Waals surface area contributed by atoms with Crippen molar-refractivity contribution in [2.45, 2.75) is 24.8 Å². The second-order valence-electron chi connectivity index (χ2n) is 4.07. The molecule has 0 spiro atoms. The quantitative estimate of drug-likeness (QED) is 0.723. The van der Waals surface area contributed by atoms with Gasteiger partial charge in [0, 0.05) is 6.42 Å². The van der Waals surface area contributed by atoms with E-state index in [9.17, 15) is 5.11 Å². The van der Waals surface area contributed by atoms with E-state index in [-0.39, 0.29) is 0 Å².